The van der Waals surface area contributed by atoms with E-state index in [1.54, 1.807) is 7.11 Å². The molecular formula is C29H33NO5. The van der Waals surface area contributed by atoms with E-state index in [9.17, 15) is 9.59 Å². The van der Waals surface area contributed by atoms with Crippen molar-refractivity contribution in [2.45, 2.75) is 58.5 Å². The van der Waals surface area contributed by atoms with Crippen molar-refractivity contribution in [3.05, 3.63) is 70.9 Å². The first-order valence-corrected chi connectivity index (χ1v) is 12.2. The van der Waals surface area contributed by atoms with E-state index in [0.717, 1.165) is 28.3 Å². The number of rotatable bonds is 7. The maximum Gasteiger partial charge on any atom is 0.336 e. The summed E-state index contributed by atoms with van der Waals surface area (Å²) >= 11 is 0. The number of carbonyl (C=O) groups is 2. The third-order valence-electron chi connectivity index (χ3n) is 6.65. The highest BCUT2D eigenvalue weighted by atomic mass is 16.5. The molecule has 0 radical (unpaired) electrons. The fourth-order valence-corrected chi connectivity index (χ4v) is 5.13. The fraction of sp³-hybridized carbons (Fsp3) is 0.414. The minimum Gasteiger partial charge on any atom is -0.497 e. The largest absolute Gasteiger partial charge is 0.497 e. The Morgan fingerprint density at radius 1 is 0.971 bits per heavy atom. The normalized spacial score (nSPS) is 21.9. The van der Waals surface area contributed by atoms with Gasteiger partial charge in [0.25, 0.3) is 0 Å². The molecule has 1 aliphatic carbocycles. The molecule has 1 unspecified atom stereocenters. The Morgan fingerprint density at radius 2 is 1.60 bits per heavy atom. The first-order valence-electron chi connectivity index (χ1n) is 12.2. The Morgan fingerprint density at radius 3 is 2.20 bits per heavy atom. The van der Waals surface area contributed by atoms with Gasteiger partial charge < -0.3 is 14.2 Å². The number of ether oxygens (including phenoxy) is 3. The number of carbonyl (C=O) groups excluding carboxylic acids is 2. The standard InChI is InChI=1S/C29H33NO5/c1-6-34-23-13-9-20(10-14-23)27-26(29(32)35-17(2)3)18(4)30-24-15-21(16-25(31)28(24)27)19-7-11-22(33-5)12-8-19/h7-14,17,21,27-28H,6,15-16H2,1-5H3/t21-,27-,28?/m0/s1. The van der Waals surface area contributed by atoms with Crippen LogP contribution >= 0.6 is 0 Å². The maximum absolute atomic E-state index is 13.7. The third-order valence-corrected chi connectivity index (χ3v) is 6.65. The number of methoxy groups -OCH3 is 1. The lowest BCUT2D eigenvalue weighted by Crippen LogP contribution is -2.41. The molecule has 6 nitrogen and oxygen atoms in total. The van der Waals surface area contributed by atoms with Crippen molar-refractivity contribution in [1.82, 2.24) is 0 Å². The fourth-order valence-electron chi connectivity index (χ4n) is 5.13. The molecule has 1 heterocycles. The zero-order valence-electron chi connectivity index (χ0n) is 21.0. The summed E-state index contributed by atoms with van der Waals surface area (Å²) in [6.45, 7) is 7.98. The maximum atomic E-state index is 13.7. The van der Waals surface area contributed by atoms with Crippen molar-refractivity contribution >= 4 is 17.5 Å². The Balaban J connectivity index is 1.74. The number of aliphatic imine (C=N–C) groups is 1. The Labute approximate surface area is 207 Å². The van der Waals surface area contributed by atoms with E-state index in [1.807, 2.05) is 76.2 Å². The molecule has 1 fully saturated rings. The number of hydrogen-bond acceptors (Lipinski definition) is 6. The van der Waals surface area contributed by atoms with Crippen molar-refractivity contribution < 1.29 is 23.8 Å². The van der Waals surface area contributed by atoms with Gasteiger partial charge in [0.1, 0.15) is 17.3 Å². The van der Waals surface area contributed by atoms with Gasteiger partial charge >= 0.3 is 5.97 Å². The zero-order chi connectivity index (χ0) is 25.1. The van der Waals surface area contributed by atoms with Crippen LogP contribution in [0.2, 0.25) is 0 Å². The summed E-state index contributed by atoms with van der Waals surface area (Å²) in [5.41, 5.74) is 3.89. The highest BCUT2D eigenvalue weighted by Gasteiger charge is 2.46. The lowest BCUT2D eigenvalue weighted by atomic mass is 9.66. The molecule has 1 aliphatic heterocycles. The minimum absolute atomic E-state index is 0.0429. The van der Waals surface area contributed by atoms with Crippen LogP contribution in [0.25, 0.3) is 0 Å². The molecular weight excluding hydrogens is 442 g/mol. The van der Waals surface area contributed by atoms with E-state index in [-0.39, 0.29) is 17.8 Å². The lowest BCUT2D eigenvalue weighted by Gasteiger charge is -2.38. The Hall–Kier alpha value is -3.41. The molecule has 0 N–H and O–H groups in total. The van der Waals surface area contributed by atoms with Gasteiger partial charge in [-0.1, -0.05) is 24.3 Å². The second-order valence-electron chi connectivity index (χ2n) is 9.36. The van der Waals surface area contributed by atoms with Crippen molar-refractivity contribution in [3.63, 3.8) is 0 Å². The number of esters is 1. The molecule has 0 amide bonds. The third kappa shape index (κ3) is 5.16. The van der Waals surface area contributed by atoms with Crippen LogP contribution in [0.4, 0.5) is 0 Å². The first-order chi connectivity index (χ1) is 16.8. The molecule has 2 aromatic carbocycles. The summed E-state index contributed by atoms with van der Waals surface area (Å²) in [4.78, 5) is 31.7. The monoisotopic (exact) mass is 475 g/mol. The van der Waals surface area contributed by atoms with Gasteiger partial charge in [-0.05, 0) is 75.4 Å². The van der Waals surface area contributed by atoms with Crippen molar-refractivity contribution in [3.8, 4) is 11.5 Å². The zero-order valence-corrected chi connectivity index (χ0v) is 21.0. The van der Waals surface area contributed by atoms with Crippen molar-refractivity contribution in [1.29, 1.82) is 0 Å². The number of nitrogens with zero attached hydrogens (tertiary/aromatic N) is 1. The van der Waals surface area contributed by atoms with E-state index in [2.05, 4.69) is 0 Å². The average molecular weight is 476 g/mol. The van der Waals surface area contributed by atoms with Gasteiger partial charge in [0.2, 0.25) is 0 Å². The topological polar surface area (TPSA) is 74.2 Å². The molecule has 4 rings (SSSR count). The van der Waals surface area contributed by atoms with Crippen LogP contribution in [0.3, 0.4) is 0 Å². The first kappa shape index (κ1) is 24.7. The van der Waals surface area contributed by atoms with Gasteiger partial charge in [-0.15, -0.1) is 0 Å². The summed E-state index contributed by atoms with van der Waals surface area (Å²) in [6, 6.07) is 15.5. The van der Waals surface area contributed by atoms with Crippen LogP contribution < -0.4 is 9.47 Å². The van der Waals surface area contributed by atoms with Crippen molar-refractivity contribution in [2.75, 3.05) is 13.7 Å². The van der Waals surface area contributed by atoms with Gasteiger partial charge in [0.15, 0.2) is 0 Å². The minimum atomic E-state index is -0.485. The molecule has 0 spiro atoms. The summed E-state index contributed by atoms with van der Waals surface area (Å²) in [7, 11) is 1.64. The van der Waals surface area contributed by atoms with Crippen LogP contribution in [-0.4, -0.2) is 37.3 Å². The number of Topliss-reactive ketones (excluding diaryl/α,β-unsaturated/α-hetero) is 1. The molecule has 3 atom stereocenters. The Bertz CT molecular complexity index is 1140. The second-order valence-corrected chi connectivity index (χ2v) is 9.36. The molecule has 0 aromatic heterocycles. The van der Waals surface area contributed by atoms with Gasteiger partial charge in [0.05, 0.1) is 31.3 Å². The predicted octanol–water partition coefficient (Wildman–Crippen LogP) is 5.62. The molecule has 0 saturated heterocycles. The second kappa shape index (κ2) is 10.5. The van der Waals surface area contributed by atoms with Gasteiger partial charge in [-0.3, -0.25) is 9.79 Å². The number of ketones is 1. The Kier molecular flexibility index (Phi) is 7.39. The molecule has 2 aromatic rings. The number of benzene rings is 2. The molecule has 2 aliphatic rings. The molecule has 35 heavy (non-hydrogen) atoms. The van der Waals surface area contributed by atoms with E-state index in [4.69, 9.17) is 19.2 Å². The van der Waals surface area contributed by atoms with Crippen LogP contribution in [0.15, 0.2) is 64.8 Å². The van der Waals surface area contributed by atoms with Gasteiger partial charge in [-0.2, -0.15) is 0 Å². The molecule has 184 valence electrons. The highest BCUT2D eigenvalue weighted by molar-refractivity contribution is 6.12. The SMILES string of the molecule is CCOc1ccc([C@H]2C(C(=O)OC(C)C)=C(C)N=C3C[C@H](c4ccc(OC)cc4)CC(=O)C32)cc1. The lowest BCUT2D eigenvalue weighted by molar-refractivity contribution is -0.143. The van der Waals surface area contributed by atoms with Crippen LogP contribution in [0.5, 0.6) is 11.5 Å². The van der Waals surface area contributed by atoms with E-state index < -0.39 is 17.8 Å². The average Bonchev–Trinajstić information content (AvgIpc) is 2.83. The number of hydrogen-bond donors (Lipinski definition) is 0. The van der Waals surface area contributed by atoms with E-state index in [1.165, 1.54) is 0 Å². The highest BCUT2D eigenvalue weighted by Crippen LogP contribution is 2.46. The molecule has 0 bridgehead atoms. The predicted molar refractivity (Wildman–Crippen MR) is 135 cm³/mol. The van der Waals surface area contributed by atoms with Crippen molar-refractivity contribution in [2.24, 2.45) is 10.9 Å². The van der Waals surface area contributed by atoms with E-state index in [0.29, 0.717) is 30.7 Å². The summed E-state index contributed by atoms with van der Waals surface area (Å²) < 4.78 is 16.5. The van der Waals surface area contributed by atoms with Crippen LogP contribution in [0.1, 0.15) is 63.5 Å². The van der Waals surface area contributed by atoms with Gasteiger partial charge in [0, 0.05) is 23.7 Å². The van der Waals surface area contributed by atoms with Gasteiger partial charge in [-0.25, -0.2) is 4.79 Å². The van der Waals surface area contributed by atoms with E-state index >= 15 is 0 Å². The number of allylic oxidation sites excluding steroid dienone is 1. The van der Waals surface area contributed by atoms with Crippen LogP contribution in [0, 0.1) is 5.92 Å². The number of fused-ring (bicyclic) bond motifs is 1. The summed E-state index contributed by atoms with van der Waals surface area (Å²) in [5.74, 6) is 0.339. The molecule has 1 saturated carbocycles. The smallest absolute Gasteiger partial charge is 0.336 e. The molecule has 6 heteroatoms. The summed E-state index contributed by atoms with van der Waals surface area (Å²) in [6.07, 6.45) is 0.797. The van der Waals surface area contributed by atoms with Crippen LogP contribution in [-0.2, 0) is 14.3 Å². The quantitative estimate of drug-likeness (QED) is 0.486. The summed E-state index contributed by atoms with van der Waals surface area (Å²) in [5, 5.41) is 0.